The van der Waals surface area contributed by atoms with Gasteiger partial charge in [0.15, 0.2) is 0 Å². The summed E-state index contributed by atoms with van der Waals surface area (Å²) in [6.45, 7) is 2.98. The zero-order valence-electron chi connectivity index (χ0n) is 13.9. The quantitative estimate of drug-likeness (QED) is 0.755. The second kappa shape index (κ2) is 6.76. The smallest absolute Gasteiger partial charge is 0.250 e. The first-order valence-corrected chi connectivity index (χ1v) is 7.91. The molecule has 0 saturated carbocycles. The van der Waals surface area contributed by atoms with Crippen LogP contribution in [0.5, 0.6) is 0 Å². The van der Waals surface area contributed by atoms with Gasteiger partial charge in [0.05, 0.1) is 16.9 Å². The second-order valence-electron chi connectivity index (χ2n) is 5.58. The summed E-state index contributed by atoms with van der Waals surface area (Å²) in [5.41, 5.74) is 11.1. The van der Waals surface area contributed by atoms with Crippen molar-refractivity contribution in [2.45, 2.75) is 13.5 Å². The first-order valence-electron chi connectivity index (χ1n) is 7.91. The monoisotopic (exact) mass is 323 g/mol. The number of nitrogens with two attached hydrogens (primary N) is 1. The van der Waals surface area contributed by atoms with Gasteiger partial charge in [0.25, 0.3) is 0 Å². The number of anilines is 2. The number of carbonyl (C=O) groups excluding carboxylic acids is 1. The van der Waals surface area contributed by atoms with Crippen LogP contribution in [0, 0.1) is 0 Å². The molecular weight excluding hydrogens is 302 g/mol. The average molecular weight is 323 g/mol. The topological polar surface area (TPSA) is 69.3 Å². The van der Waals surface area contributed by atoms with Crippen molar-refractivity contribution in [1.82, 2.24) is 4.57 Å². The van der Waals surface area contributed by atoms with Crippen LogP contribution >= 0.6 is 0 Å². The fraction of sp³-hybridized carbons (Fsp3) is 0.211. The highest BCUT2D eigenvalue weighted by atomic mass is 16.5. The molecule has 0 aliphatic carbocycles. The third-order valence-electron chi connectivity index (χ3n) is 4.04. The van der Waals surface area contributed by atoms with Crippen LogP contribution in [0.3, 0.4) is 0 Å². The number of nitrogens with one attached hydrogen (secondary N) is 1. The van der Waals surface area contributed by atoms with E-state index in [9.17, 15) is 4.79 Å². The number of ether oxygens (including phenoxy) is 1. The van der Waals surface area contributed by atoms with E-state index in [1.807, 2.05) is 42.5 Å². The summed E-state index contributed by atoms with van der Waals surface area (Å²) in [4.78, 5) is 11.6. The summed E-state index contributed by atoms with van der Waals surface area (Å²) >= 11 is 0. The van der Waals surface area contributed by atoms with E-state index in [1.165, 1.54) is 7.11 Å². The molecule has 0 radical (unpaired) electrons. The number of fused-ring (bicyclic) bond motifs is 1. The van der Waals surface area contributed by atoms with Crippen molar-refractivity contribution >= 4 is 28.2 Å². The molecule has 3 N–H and O–H groups in total. The fourth-order valence-electron chi connectivity index (χ4n) is 3.01. The second-order valence-corrected chi connectivity index (χ2v) is 5.58. The minimum absolute atomic E-state index is 0.0405. The van der Waals surface area contributed by atoms with E-state index >= 15 is 0 Å². The maximum atomic E-state index is 11.6. The van der Waals surface area contributed by atoms with Crippen LogP contribution in [0.1, 0.15) is 6.92 Å². The molecule has 124 valence electrons. The molecule has 1 heterocycles. The number of hydrogen-bond acceptors (Lipinski definition) is 3. The Morgan fingerprint density at radius 2 is 1.88 bits per heavy atom. The first kappa shape index (κ1) is 16.1. The number of rotatable bonds is 5. The van der Waals surface area contributed by atoms with Gasteiger partial charge < -0.3 is 20.4 Å². The Morgan fingerprint density at radius 3 is 2.54 bits per heavy atom. The normalized spacial score (nSPS) is 10.9. The van der Waals surface area contributed by atoms with Crippen LogP contribution in [0.15, 0.2) is 48.5 Å². The summed E-state index contributed by atoms with van der Waals surface area (Å²) in [7, 11) is 1.50. The number of aromatic nitrogens is 1. The van der Waals surface area contributed by atoms with E-state index in [1.54, 1.807) is 0 Å². The highest BCUT2D eigenvalue weighted by Gasteiger charge is 2.15. The van der Waals surface area contributed by atoms with Gasteiger partial charge in [0.2, 0.25) is 5.91 Å². The molecule has 3 aromatic rings. The third kappa shape index (κ3) is 2.86. The zero-order valence-corrected chi connectivity index (χ0v) is 13.9. The van der Waals surface area contributed by atoms with E-state index in [0.717, 1.165) is 40.1 Å². The number of nitrogens with zero attached hydrogens (tertiary/aromatic N) is 1. The van der Waals surface area contributed by atoms with Gasteiger partial charge in [-0.05, 0) is 25.1 Å². The summed E-state index contributed by atoms with van der Waals surface area (Å²) in [5, 5.41) is 3.85. The maximum absolute atomic E-state index is 11.6. The minimum Gasteiger partial charge on any atom is -0.396 e. The molecule has 1 aromatic heterocycles. The molecule has 0 aliphatic rings. The van der Waals surface area contributed by atoms with E-state index in [-0.39, 0.29) is 12.5 Å². The number of nitrogen functional groups attached to an aromatic ring is 1. The molecule has 0 fully saturated rings. The Kier molecular flexibility index (Phi) is 4.53. The van der Waals surface area contributed by atoms with Gasteiger partial charge in [-0.25, -0.2) is 0 Å². The standard InChI is InChI=1S/C19H21N3O2/c1-3-22-16-7-5-4-6-15(16)18(20)19(22)13-8-10-14(11-9-13)21-17(23)12-24-2/h4-11H,3,12,20H2,1-2H3,(H,21,23). The average Bonchev–Trinajstić information content (AvgIpc) is 2.88. The van der Waals surface area contributed by atoms with E-state index in [0.29, 0.717) is 0 Å². The molecule has 5 heteroatoms. The van der Waals surface area contributed by atoms with E-state index in [4.69, 9.17) is 10.5 Å². The minimum atomic E-state index is -0.174. The molecule has 24 heavy (non-hydrogen) atoms. The maximum Gasteiger partial charge on any atom is 0.250 e. The summed E-state index contributed by atoms with van der Waals surface area (Å²) < 4.78 is 7.03. The molecule has 2 aromatic carbocycles. The van der Waals surface area contributed by atoms with Gasteiger partial charge >= 0.3 is 0 Å². The Hall–Kier alpha value is -2.79. The summed E-state index contributed by atoms with van der Waals surface area (Å²) in [6.07, 6.45) is 0. The van der Waals surface area contributed by atoms with Crippen molar-refractivity contribution in [2.24, 2.45) is 0 Å². The number of para-hydroxylation sites is 1. The molecule has 0 saturated heterocycles. The third-order valence-corrected chi connectivity index (χ3v) is 4.04. The molecular formula is C19H21N3O2. The lowest BCUT2D eigenvalue weighted by molar-refractivity contribution is -0.119. The number of aryl methyl sites for hydroxylation is 1. The number of amides is 1. The predicted octanol–water partition coefficient (Wildman–Crippen LogP) is 3.50. The Balaban J connectivity index is 1.99. The molecule has 0 unspecified atom stereocenters. The van der Waals surface area contributed by atoms with Gasteiger partial charge in [-0.1, -0.05) is 30.3 Å². The van der Waals surface area contributed by atoms with Gasteiger partial charge in [-0.2, -0.15) is 0 Å². The SMILES string of the molecule is CCn1c(-c2ccc(NC(=O)COC)cc2)c(N)c2ccccc21. The van der Waals surface area contributed by atoms with Crippen LogP contribution in [-0.4, -0.2) is 24.2 Å². The first-order chi connectivity index (χ1) is 11.7. The van der Waals surface area contributed by atoms with Crippen molar-refractivity contribution in [2.75, 3.05) is 24.8 Å². The molecule has 0 atom stereocenters. The summed E-state index contributed by atoms with van der Waals surface area (Å²) in [6, 6.07) is 15.8. The van der Waals surface area contributed by atoms with Crippen LogP contribution < -0.4 is 11.1 Å². The largest absolute Gasteiger partial charge is 0.396 e. The zero-order chi connectivity index (χ0) is 17.1. The predicted molar refractivity (Wildman–Crippen MR) is 98.0 cm³/mol. The van der Waals surface area contributed by atoms with Crippen LogP contribution in [-0.2, 0) is 16.1 Å². The Bertz CT molecular complexity index is 866. The molecule has 0 spiro atoms. The lowest BCUT2D eigenvalue weighted by atomic mass is 10.1. The van der Waals surface area contributed by atoms with Crippen LogP contribution in [0.25, 0.3) is 22.2 Å². The van der Waals surface area contributed by atoms with Gasteiger partial charge in [-0.15, -0.1) is 0 Å². The number of hydrogen-bond donors (Lipinski definition) is 2. The molecule has 0 aliphatic heterocycles. The summed E-state index contributed by atoms with van der Waals surface area (Å²) in [5.74, 6) is -0.174. The molecule has 0 bridgehead atoms. The molecule has 5 nitrogen and oxygen atoms in total. The van der Waals surface area contributed by atoms with E-state index < -0.39 is 0 Å². The number of carbonyl (C=O) groups is 1. The van der Waals surface area contributed by atoms with Gasteiger partial charge in [0, 0.05) is 30.3 Å². The lowest BCUT2D eigenvalue weighted by Gasteiger charge is -2.10. The Labute approximate surface area is 141 Å². The Morgan fingerprint density at radius 1 is 1.17 bits per heavy atom. The van der Waals surface area contributed by atoms with Crippen molar-refractivity contribution in [3.8, 4) is 11.3 Å². The fourth-order valence-corrected chi connectivity index (χ4v) is 3.01. The highest BCUT2D eigenvalue weighted by Crippen LogP contribution is 2.36. The van der Waals surface area contributed by atoms with Crippen LogP contribution in [0.2, 0.25) is 0 Å². The molecule has 1 amide bonds. The van der Waals surface area contributed by atoms with Crippen molar-refractivity contribution in [3.05, 3.63) is 48.5 Å². The van der Waals surface area contributed by atoms with Crippen molar-refractivity contribution in [3.63, 3.8) is 0 Å². The van der Waals surface area contributed by atoms with Gasteiger partial charge in [-0.3, -0.25) is 4.79 Å². The van der Waals surface area contributed by atoms with Crippen LogP contribution in [0.4, 0.5) is 11.4 Å². The van der Waals surface area contributed by atoms with E-state index in [2.05, 4.69) is 22.9 Å². The lowest BCUT2D eigenvalue weighted by Crippen LogP contribution is -2.16. The van der Waals surface area contributed by atoms with Crippen molar-refractivity contribution in [1.29, 1.82) is 0 Å². The molecule has 3 rings (SSSR count). The highest BCUT2D eigenvalue weighted by molar-refractivity contribution is 6.01. The number of benzene rings is 2. The van der Waals surface area contributed by atoms with Crippen molar-refractivity contribution < 1.29 is 9.53 Å². The number of methoxy groups -OCH3 is 1. The van der Waals surface area contributed by atoms with Gasteiger partial charge in [0.1, 0.15) is 6.61 Å².